The molecule has 0 bridgehead atoms. The molecule has 2 aromatic carbocycles. The zero-order chi connectivity index (χ0) is 15.4. The van der Waals surface area contributed by atoms with E-state index in [9.17, 15) is 0 Å². The van der Waals surface area contributed by atoms with Crippen molar-refractivity contribution in [2.45, 2.75) is 12.8 Å². The summed E-state index contributed by atoms with van der Waals surface area (Å²) in [7, 11) is 0. The van der Waals surface area contributed by atoms with Crippen LogP contribution >= 0.6 is 31.9 Å². The average molecular weight is 422 g/mol. The van der Waals surface area contributed by atoms with Crippen molar-refractivity contribution < 1.29 is 9.47 Å². The molecule has 1 aliphatic heterocycles. The minimum absolute atomic E-state index is 0.673. The number of rotatable bonds is 0. The Morgan fingerprint density at radius 1 is 0.727 bits per heavy atom. The molecule has 4 heteroatoms. The number of hydrogen-bond donors (Lipinski definition) is 0. The smallest absolute Gasteiger partial charge is 0.134 e. The maximum atomic E-state index is 5.84. The maximum Gasteiger partial charge on any atom is 0.134 e. The average Bonchev–Trinajstić information content (AvgIpc) is 2.50. The van der Waals surface area contributed by atoms with E-state index in [1.807, 2.05) is 36.4 Å². The zero-order valence-electron chi connectivity index (χ0n) is 11.9. The number of ether oxygens (including phenoxy) is 2. The van der Waals surface area contributed by atoms with E-state index in [1.165, 1.54) is 0 Å². The van der Waals surface area contributed by atoms with Gasteiger partial charge in [0.25, 0.3) is 0 Å². The second-order valence-electron chi connectivity index (χ2n) is 4.93. The maximum absolute atomic E-state index is 5.84. The molecule has 0 N–H and O–H groups in total. The van der Waals surface area contributed by atoms with Gasteiger partial charge in [0, 0.05) is 8.95 Å². The molecule has 2 aromatic rings. The van der Waals surface area contributed by atoms with E-state index in [1.54, 1.807) is 0 Å². The highest BCUT2D eigenvalue weighted by Gasteiger charge is 2.06. The number of fused-ring (bicyclic) bond motifs is 2. The van der Waals surface area contributed by atoms with E-state index in [0.717, 1.165) is 44.4 Å². The van der Waals surface area contributed by atoms with Gasteiger partial charge in [-0.05, 0) is 49.2 Å². The Labute approximate surface area is 147 Å². The van der Waals surface area contributed by atoms with E-state index >= 15 is 0 Å². The molecular formula is C18H14Br2O2. The topological polar surface area (TPSA) is 18.5 Å². The molecule has 0 saturated heterocycles. The van der Waals surface area contributed by atoms with Gasteiger partial charge >= 0.3 is 0 Å². The van der Waals surface area contributed by atoms with Crippen LogP contribution in [0.3, 0.4) is 0 Å². The molecular weight excluding hydrogens is 408 g/mol. The molecule has 0 radical (unpaired) electrons. The SMILES string of the molecule is Brc1ccc2c(c1)C#Cc1cc(Br)ccc1OCCCCO2. The van der Waals surface area contributed by atoms with Gasteiger partial charge in [0.2, 0.25) is 0 Å². The molecule has 112 valence electrons. The van der Waals surface area contributed by atoms with E-state index < -0.39 is 0 Å². The Morgan fingerprint density at radius 2 is 1.18 bits per heavy atom. The van der Waals surface area contributed by atoms with Gasteiger partial charge in [-0.25, -0.2) is 0 Å². The first-order valence-electron chi connectivity index (χ1n) is 7.09. The summed E-state index contributed by atoms with van der Waals surface area (Å²) in [6.07, 6.45) is 1.91. The molecule has 0 aromatic heterocycles. The van der Waals surface area contributed by atoms with Gasteiger partial charge in [-0.1, -0.05) is 43.7 Å². The van der Waals surface area contributed by atoms with Crippen LogP contribution in [0.15, 0.2) is 45.3 Å². The lowest BCUT2D eigenvalue weighted by Crippen LogP contribution is -2.05. The summed E-state index contributed by atoms with van der Waals surface area (Å²) < 4.78 is 13.7. The van der Waals surface area contributed by atoms with Crippen LogP contribution in [0.5, 0.6) is 11.5 Å². The second kappa shape index (κ2) is 7.21. The molecule has 2 nitrogen and oxygen atoms in total. The fourth-order valence-corrected chi connectivity index (χ4v) is 2.88. The number of hydrogen-bond acceptors (Lipinski definition) is 2. The summed E-state index contributed by atoms with van der Waals surface area (Å²) in [4.78, 5) is 0. The second-order valence-corrected chi connectivity index (χ2v) is 6.77. The van der Waals surface area contributed by atoms with E-state index in [-0.39, 0.29) is 0 Å². The number of halogens is 2. The molecule has 0 aliphatic carbocycles. The van der Waals surface area contributed by atoms with Gasteiger partial charge < -0.3 is 9.47 Å². The molecule has 1 heterocycles. The largest absolute Gasteiger partial charge is 0.492 e. The molecule has 0 unspecified atom stereocenters. The summed E-state index contributed by atoms with van der Waals surface area (Å²) in [5.74, 6) is 8.05. The third kappa shape index (κ3) is 3.85. The first-order chi connectivity index (χ1) is 10.7. The first-order valence-corrected chi connectivity index (χ1v) is 8.68. The van der Waals surface area contributed by atoms with Gasteiger partial charge in [-0.3, -0.25) is 0 Å². The minimum Gasteiger partial charge on any atom is -0.492 e. The Bertz CT molecular complexity index is 683. The fourth-order valence-electron chi connectivity index (χ4n) is 2.15. The molecule has 0 fully saturated rings. The van der Waals surface area contributed by atoms with Crippen LogP contribution in [0.1, 0.15) is 24.0 Å². The summed E-state index contributed by atoms with van der Waals surface area (Å²) in [5.41, 5.74) is 1.75. The Kier molecular flexibility index (Phi) is 5.07. The van der Waals surface area contributed by atoms with E-state index in [2.05, 4.69) is 43.7 Å². The highest BCUT2D eigenvalue weighted by atomic mass is 79.9. The van der Waals surface area contributed by atoms with Crippen molar-refractivity contribution in [2.75, 3.05) is 13.2 Å². The normalized spacial score (nSPS) is 13.9. The quantitative estimate of drug-likeness (QED) is 0.546. The Morgan fingerprint density at radius 3 is 1.64 bits per heavy atom. The lowest BCUT2D eigenvalue weighted by atomic mass is 10.1. The van der Waals surface area contributed by atoms with E-state index in [0.29, 0.717) is 13.2 Å². The third-order valence-corrected chi connectivity index (χ3v) is 4.26. The van der Waals surface area contributed by atoms with Gasteiger partial charge in [0.05, 0.1) is 24.3 Å². The third-order valence-electron chi connectivity index (χ3n) is 3.27. The van der Waals surface area contributed by atoms with Crippen LogP contribution in [0.2, 0.25) is 0 Å². The molecule has 1 aliphatic rings. The van der Waals surface area contributed by atoms with E-state index in [4.69, 9.17) is 9.47 Å². The molecule has 0 amide bonds. The fraction of sp³-hybridized carbons (Fsp3) is 0.222. The molecule has 0 spiro atoms. The monoisotopic (exact) mass is 420 g/mol. The van der Waals surface area contributed by atoms with Crippen molar-refractivity contribution in [3.05, 3.63) is 56.5 Å². The predicted octanol–water partition coefficient (Wildman–Crippen LogP) is 5.16. The first kappa shape index (κ1) is 15.5. The van der Waals surface area contributed by atoms with Crippen LogP contribution < -0.4 is 9.47 Å². The van der Waals surface area contributed by atoms with Gasteiger partial charge in [0.1, 0.15) is 11.5 Å². The summed E-state index contributed by atoms with van der Waals surface area (Å²) in [6.45, 7) is 1.35. The highest BCUT2D eigenvalue weighted by Crippen LogP contribution is 2.26. The lowest BCUT2D eigenvalue weighted by molar-refractivity contribution is 0.265. The van der Waals surface area contributed by atoms with Crippen molar-refractivity contribution in [2.24, 2.45) is 0 Å². The van der Waals surface area contributed by atoms with Crippen LogP contribution in [-0.2, 0) is 0 Å². The lowest BCUT2D eigenvalue weighted by Gasteiger charge is -2.12. The Hall–Kier alpha value is -1.44. The van der Waals surface area contributed by atoms with Gasteiger partial charge in [0.15, 0.2) is 0 Å². The standard InChI is InChI=1S/C18H14Br2O2/c19-15-5-7-17-13(11-15)3-4-14-12-16(20)6-8-18(14)22-10-2-1-9-21-17/h5-8,11-12H,1-2,9-10H2. The zero-order valence-corrected chi connectivity index (χ0v) is 15.0. The van der Waals surface area contributed by atoms with Crippen molar-refractivity contribution in [3.63, 3.8) is 0 Å². The van der Waals surface area contributed by atoms with Crippen LogP contribution in [0.4, 0.5) is 0 Å². The van der Waals surface area contributed by atoms with Crippen molar-refractivity contribution in [1.29, 1.82) is 0 Å². The predicted molar refractivity (Wildman–Crippen MR) is 94.5 cm³/mol. The van der Waals surface area contributed by atoms with Crippen LogP contribution in [-0.4, -0.2) is 13.2 Å². The summed E-state index contributed by atoms with van der Waals surface area (Å²) in [6, 6.07) is 11.8. The van der Waals surface area contributed by atoms with Crippen molar-refractivity contribution in [3.8, 4) is 23.3 Å². The number of benzene rings is 2. The molecule has 3 rings (SSSR count). The highest BCUT2D eigenvalue weighted by molar-refractivity contribution is 9.10. The molecule has 0 saturated carbocycles. The van der Waals surface area contributed by atoms with Crippen LogP contribution in [0.25, 0.3) is 0 Å². The van der Waals surface area contributed by atoms with Crippen LogP contribution in [0, 0.1) is 11.8 Å². The van der Waals surface area contributed by atoms with Gasteiger partial charge in [-0.2, -0.15) is 0 Å². The Balaban J connectivity index is 2.07. The van der Waals surface area contributed by atoms with Crippen molar-refractivity contribution >= 4 is 31.9 Å². The summed E-state index contributed by atoms with van der Waals surface area (Å²) in [5, 5.41) is 0. The molecule has 22 heavy (non-hydrogen) atoms. The van der Waals surface area contributed by atoms with Gasteiger partial charge in [-0.15, -0.1) is 0 Å². The van der Waals surface area contributed by atoms with Crippen molar-refractivity contribution in [1.82, 2.24) is 0 Å². The molecule has 0 atom stereocenters. The minimum atomic E-state index is 0.673. The summed E-state index contributed by atoms with van der Waals surface area (Å²) >= 11 is 6.97.